The highest BCUT2D eigenvalue weighted by Crippen LogP contribution is 2.23. The molecule has 1 aliphatic heterocycles. The van der Waals surface area contributed by atoms with Crippen molar-refractivity contribution in [1.82, 2.24) is 4.90 Å². The van der Waals surface area contributed by atoms with Gasteiger partial charge in [-0.1, -0.05) is 11.6 Å². The molecule has 0 spiro atoms. The number of amides is 1. The first-order valence-corrected chi connectivity index (χ1v) is 5.86. The van der Waals surface area contributed by atoms with E-state index >= 15 is 0 Å². The Hall–Kier alpha value is -0.710. The second-order valence-corrected chi connectivity index (χ2v) is 4.78. The number of hydrogen-bond acceptors (Lipinski definition) is 3. The number of thiol groups is 1. The number of benzene rings is 1. The molecule has 5 heteroatoms. The van der Waals surface area contributed by atoms with Gasteiger partial charge in [0.1, 0.15) is 0 Å². The van der Waals surface area contributed by atoms with Crippen molar-refractivity contribution in [2.24, 2.45) is 0 Å². The van der Waals surface area contributed by atoms with Crippen LogP contribution < -0.4 is 0 Å². The topological polar surface area (TPSA) is 40.5 Å². The minimum absolute atomic E-state index is 0.141. The summed E-state index contributed by atoms with van der Waals surface area (Å²) in [5, 5.41) is 9.80. The van der Waals surface area contributed by atoms with Crippen molar-refractivity contribution in [1.29, 1.82) is 0 Å². The molecule has 1 amide bonds. The molecule has 1 unspecified atom stereocenters. The highest BCUT2D eigenvalue weighted by atomic mass is 35.5. The molecule has 1 atom stereocenters. The summed E-state index contributed by atoms with van der Waals surface area (Å²) in [6, 6.07) is 5.04. The fourth-order valence-corrected chi connectivity index (χ4v) is 2.18. The normalized spacial score (nSPS) is 20.2. The first kappa shape index (κ1) is 11.8. The number of carbonyl (C=O) groups excluding carboxylic acids is 1. The van der Waals surface area contributed by atoms with Crippen molar-refractivity contribution in [2.75, 3.05) is 13.1 Å². The van der Waals surface area contributed by atoms with Gasteiger partial charge in [-0.25, -0.2) is 0 Å². The Bertz CT molecular complexity index is 424. The SMILES string of the molecule is O=C(c1cc(S)ccc1Cl)N1CCC(O)C1. The predicted octanol–water partition coefficient (Wildman–Crippen LogP) is 1.84. The van der Waals surface area contributed by atoms with Crippen molar-refractivity contribution in [3.05, 3.63) is 28.8 Å². The smallest absolute Gasteiger partial charge is 0.255 e. The van der Waals surface area contributed by atoms with Gasteiger partial charge in [-0.15, -0.1) is 12.6 Å². The molecule has 1 aromatic carbocycles. The Kier molecular flexibility index (Phi) is 3.42. The molecule has 86 valence electrons. The third-order valence-corrected chi connectivity index (χ3v) is 3.24. The summed E-state index contributed by atoms with van der Waals surface area (Å²) in [6.45, 7) is 0.957. The average Bonchev–Trinajstić information content (AvgIpc) is 2.67. The Morgan fingerprint density at radius 1 is 1.56 bits per heavy atom. The highest BCUT2D eigenvalue weighted by molar-refractivity contribution is 7.80. The summed E-state index contributed by atoms with van der Waals surface area (Å²) in [6.07, 6.45) is 0.214. The Morgan fingerprint density at radius 2 is 2.31 bits per heavy atom. The van der Waals surface area contributed by atoms with Crippen molar-refractivity contribution >= 4 is 30.1 Å². The molecule has 16 heavy (non-hydrogen) atoms. The lowest BCUT2D eigenvalue weighted by Gasteiger charge is -2.16. The summed E-state index contributed by atoms with van der Waals surface area (Å²) < 4.78 is 0. The average molecular weight is 258 g/mol. The number of aliphatic hydroxyl groups excluding tert-OH is 1. The largest absolute Gasteiger partial charge is 0.391 e. The molecule has 1 heterocycles. The van der Waals surface area contributed by atoms with E-state index < -0.39 is 6.10 Å². The first-order chi connectivity index (χ1) is 7.58. The number of halogens is 1. The van der Waals surface area contributed by atoms with E-state index in [1.54, 1.807) is 23.1 Å². The number of nitrogens with zero attached hydrogens (tertiary/aromatic N) is 1. The zero-order valence-electron chi connectivity index (χ0n) is 8.56. The summed E-state index contributed by atoms with van der Waals surface area (Å²) in [5.41, 5.74) is 0.447. The number of aliphatic hydroxyl groups is 1. The highest BCUT2D eigenvalue weighted by Gasteiger charge is 2.26. The van der Waals surface area contributed by atoms with E-state index in [2.05, 4.69) is 12.6 Å². The van der Waals surface area contributed by atoms with Gasteiger partial charge in [-0.05, 0) is 24.6 Å². The van der Waals surface area contributed by atoms with Crippen LogP contribution in [0.1, 0.15) is 16.8 Å². The molecular weight excluding hydrogens is 246 g/mol. The van der Waals surface area contributed by atoms with Gasteiger partial charge in [0.15, 0.2) is 0 Å². The fraction of sp³-hybridized carbons (Fsp3) is 0.364. The maximum Gasteiger partial charge on any atom is 0.255 e. The third-order valence-electron chi connectivity index (χ3n) is 2.63. The fourth-order valence-electron chi connectivity index (χ4n) is 1.77. The molecule has 0 radical (unpaired) electrons. The molecule has 0 saturated carbocycles. The molecule has 1 aromatic rings. The monoisotopic (exact) mass is 257 g/mol. The quantitative estimate of drug-likeness (QED) is 0.754. The molecule has 1 N–H and O–H groups in total. The van der Waals surface area contributed by atoms with Crippen molar-refractivity contribution in [3.8, 4) is 0 Å². The van der Waals surface area contributed by atoms with Gasteiger partial charge >= 0.3 is 0 Å². The second-order valence-electron chi connectivity index (χ2n) is 3.86. The van der Waals surface area contributed by atoms with Crippen molar-refractivity contribution in [2.45, 2.75) is 17.4 Å². The molecule has 0 aliphatic carbocycles. The van der Waals surface area contributed by atoms with Gasteiger partial charge in [-0.3, -0.25) is 4.79 Å². The van der Waals surface area contributed by atoms with E-state index in [-0.39, 0.29) is 5.91 Å². The maximum atomic E-state index is 12.1. The van der Waals surface area contributed by atoms with E-state index in [9.17, 15) is 9.90 Å². The van der Waals surface area contributed by atoms with Crippen LogP contribution in [0.2, 0.25) is 5.02 Å². The molecule has 0 aromatic heterocycles. The minimum atomic E-state index is -0.415. The molecule has 1 saturated heterocycles. The van der Waals surface area contributed by atoms with Gasteiger partial charge in [0.2, 0.25) is 0 Å². The van der Waals surface area contributed by atoms with Crippen LogP contribution in [0, 0.1) is 0 Å². The predicted molar refractivity (Wildman–Crippen MR) is 65.2 cm³/mol. The zero-order chi connectivity index (χ0) is 11.7. The molecule has 2 rings (SSSR count). The van der Waals surface area contributed by atoms with Crippen molar-refractivity contribution < 1.29 is 9.90 Å². The van der Waals surface area contributed by atoms with Gasteiger partial charge in [0.25, 0.3) is 5.91 Å². The Morgan fingerprint density at radius 3 is 2.94 bits per heavy atom. The molecule has 0 bridgehead atoms. The summed E-state index contributed by atoms with van der Waals surface area (Å²) in [5.74, 6) is -0.141. The van der Waals surface area contributed by atoms with Crippen LogP contribution in [0.15, 0.2) is 23.1 Å². The van der Waals surface area contributed by atoms with Crippen LogP contribution in [0.4, 0.5) is 0 Å². The van der Waals surface area contributed by atoms with E-state index in [0.717, 1.165) is 0 Å². The lowest BCUT2D eigenvalue weighted by atomic mass is 10.2. The van der Waals surface area contributed by atoms with Gasteiger partial charge in [0.05, 0.1) is 16.7 Å². The lowest BCUT2D eigenvalue weighted by Crippen LogP contribution is -2.29. The molecular formula is C11H12ClNO2S. The van der Waals surface area contributed by atoms with Gasteiger partial charge < -0.3 is 10.0 Å². The number of carbonyl (C=O) groups is 1. The number of rotatable bonds is 1. The Labute approximate surface area is 104 Å². The van der Waals surface area contributed by atoms with E-state index in [4.69, 9.17) is 11.6 Å². The van der Waals surface area contributed by atoms with Crippen LogP contribution in [0.25, 0.3) is 0 Å². The van der Waals surface area contributed by atoms with Crippen molar-refractivity contribution in [3.63, 3.8) is 0 Å². The lowest BCUT2D eigenvalue weighted by molar-refractivity contribution is 0.0765. The standard InChI is InChI=1S/C11H12ClNO2S/c12-10-2-1-8(16)5-9(10)11(15)13-4-3-7(14)6-13/h1-2,5,7,14,16H,3-4,6H2. The van der Waals surface area contributed by atoms with E-state index in [1.165, 1.54) is 0 Å². The van der Waals surface area contributed by atoms with Gasteiger partial charge in [-0.2, -0.15) is 0 Å². The van der Waals surface area contributed by atoms with Gasteiger partial charge in [0, 0.05) is 18.0 Å². The van der Waals surface area contributed by atoms with Crippen LogP contribution in [0.5, 0.6) is 0 Å². The summed E-state index contributed by atoms with van der Waals surface area (Å²) in [4.78, 5) is 14.4. The molecule has 1 fully saturated rings. The molecule has 3 nitrogen and oxygen atoms in total. The van der Waals surface area contributed by atoms with Crippen LogP contribution >= 0.6 is 24.2 Å². The number of likely N-dealkylation sites (tertiary alicyclic amines) is 1. The first-order valence-electron chi connectivity index (χ1n) is 5.04. The number of hydrogen-bond donors (Lipinski definition) is 2. The second kappa shape index (κ2) is 4.65. The summed E-state index contributed by atoms with van der Waals surface area (Å²) >= 11 is 10.1. The van der Waals surface area contributed by atoms with E-state index in [1.807, 2.05) is 0 Å². The third kappa shape index (κ3) is 2.34. The Balaban J connectivity index is 2.23. The minimum Gasteiger partial charge on any atom is -0.391 e. The van der Waals surface area contributed by atoms with Crippen LogP contribution in [0.3, 0.4) is 0 Å². The summed E-state index contributed by atoms with van der Waals surface area (Å²) in [7, 11) is 0. The van der Waals surface area contributed by atoms with E-state index in [0.29, 0.717) is 35.0 Å². The van der Waals surface area contributed by atoms with Crippen LogP contribution in [-0.4, -0.2) is 35.1 Å². The molecule has 1 aliphatic rings. The zero-order valence-corrected chi connectivity index (χ0v) is 10.2. The van der Waals surface area contributed by atoms with Crippen LogP contribution in [-0.2, 0) is 0 Å². The maximum absolute atomic E-state index is 12.1. The number of β-amino-alcohol motifs (C(OH)–C–C–N with tert-alkyl or cyclic N) is 1.